The summed E-state index contributed by atoms with van der Waals surface area (Å²) in [5.74, 6) is 0.314. The molecule has 0 amide bonds. The van der Waals surface area contributed by atoms with Gasteiger partial charge in [0.05, 0.1) is 0 Å². The minimum Gasteiger partial charge on any atom is -0.508 e. The van der Waals surface area contributed by atoms with Crippen LogP contribution in [0.25, 0.3) is 0 Å². The van der Waals surface area contributed by atoms with Crippen molar-refractivity contribution in [1.29, 1.82) is 0 Å². The third kappa shape index (κ3) is 1.05. The first-order valence-electron chi connectivity index (χ1n) is 3.50. The molecule has 0 atom stereocenters. The fourth-order valence-electron chi connectivity index (χ4n) is 1.16. The molecule has 1 aliphatic rings. The molecule has 0 saturated carbocycles. The van der Waals surface area contributed by atoms with E-state index in [4.69, 9.17) is 5.11 Å². The van der Waals surface area contributed by atoms with Crippen LogP contribution in [0.15, 0.2) is 18.2 Å². The molecular formula is C8H9N2O+. The SMILES string of the molecule is Oc1ccc2c(c1)C[NH+]=CN2. The molecule has 1 aromatic carbocycles. The van der Waals surface area contributed by atoms with Gasteiger partial charge in [0.2, 0.25) is 6.34 Å². The number of aromatic hydroxyl groups is 1. The van der Waals surface area contributed by atoms with Crippen molar-refractivity contribution in [2.45, 2.75) is 6.54 Å². The van der Waals surface area contributed by atoms with Gasteiger partial charge in [0.25, 0.3) is 0 Å². The molecule has 0 aromatic heterocycles. The molecule has 0 fully saturated rings. The minimum absolute atomic E-state index is 0.314. The predicted molar refractivity (Wildman–Crippen MR) is 42.5 cm³/mol. The standard InChI is InChI=1S/C8H8N2O/c11-7-1-2-8-6(3-7)4-9-5-10-8/h1-3,5,11H,4H2,(H,9,10)/p+1. The van der Waals surface area contributed by atoms with Gasteiger partial charge in [-0.1, -0.05) is 0 Å². The minimum atomic E-state index is 0.314. The van der Waals surface area contributed by atoms with Crippen LogP contribution in [0.4, 0.5) is 5.69 Å². The van der Waals surface area contributed by atoms with Crippen LogP contribution >= 0.6 is 0 Å². The molecule has 1 aliphatic heterocycles. The zero-order valence-electron chi connectivity index (χ0n) is 5.96. The molecule has 0 radical (unpaired) electrons. The van der Waals surface area contributed by atoms with E-state index in [1.165, 1.54) is 0 Å². The third-order valence-corrected chi connectivity index (χ3v) is 1.71. The lowest BCUT2D eigenvalue weighted by molar-refractivity contribution is -0.471. The molecule has 0 bridgehead atoms. The van der Waals surface area contributed by atoms with Crippen molar-refractivity contribution in [2.75, 3.05) is 5.32 Å². The highest BCUT2D eigenvalue weighted by Gasteiger charge is 2.09. The van der Waals surface area contributed by atoms with Crippen molar-refractivity contribution in [3.63, 3.8) is 0 Å². The van der Waals surface area contributed by atoms with E-state index in [-0.39, 0.29) is 0 Å². The molecule has 3 nitrogen and oxygen atoms in total. The van der Waals surface area contributed by atoms with Crippen LogP contribution in [0.2, 0.25) is 0 Å². The Bertz CT molecular complexity index is 307. The summed E-state index contributed by atoms with van der Waals surface area (Å²) in [5, 5.41) is 12.2. The smallest absolute Gasteiger partial charge is 0.235 e. The lowest BCUT2D eigenvalue weighted by Gasteiger charge is -2.05. The Kier molecular flexibility index (Phi) is 1.28. The lowest BCUT2D eigenvalue weighted by Crippen LogP contribution is -2.69. The Morgan fingerprint density at radius 3 is 3.27 bits per heavy atom. The van der Waals surface area contributed by atoms with Gasteiger partial charge in [-0.25, -0.2) is 5.32 Å². The van der Waals surface area contributed by atoms with Gasteiger partial charge in [-0.15, -0.1) is 0 Å². The molecule has 0 unspecified atom stereocenters. The summed E-state index contributed by atoms with van der Waals surface area (Å²) in [6, 6.07) is 5.29. The average Bonchev–Trinajstić information content (AvgIpc) is 2.04. The fraction of sp³-hybridized carbons (Fsp3) is 0.125. The summed E-state index contributed by atoms with van der Waals surface area (Å²) in [6.07, 6.45) is 1.79. The second-order valence-electron chi connectivity index (χ2n) is 2.51. The van der Waals surface area contributed by atoms with Crippen LogP contribution in [0.1, 0.15) is 5.56 Å². The summed E-state index contributed by atoms with van der Waals surface area (Å²) >= 11 is 0. The van der Waals surface area contributed by atoms with Gasteiger partial charge < -0.3 is 5.11 Å². The highest BCUT2D eigenvalue weighted by molar-refractivity contribution is 5.75. The number of hydrogen-bond donors (Lipinski definition) is 3. The second kappa shape index (κ2) is 2.27. The van der Waals surface area contributed by atoms with Crippen LogP contribution < -0.4 is 10.3 Å². The summed E-state index contributed by atoms with van der Waals surface area (Å²) in [5.41, 5.74) is 2.15. The molecule has 0 spiro atoms. The van der Waals surface area contributed by atoms with E-state index in [0.29, 0.717) is 5.75 Å². The van der Waals surface area contributed by atoms with E-state index < -0.39 is 0 Å². The number of phenols is 1. The zero-order valence-corrected chi connectivity index (χ0v) is 5.96. The molecular weight excluding hydrogens is 140 g/mol. The van der Waals surface area contributed by atoms with E-state index >= 15 is 0 Å². The molecule has 56 valence electrons. The van der Waals surface area contributed by atoms with Gasteiger partial charge in [-0.2, -0.15) is 0 Å². The number of benzene rings is 1. The maximum absolute atomic E-state index is 9.12. The molecule has 2 rings (SSSR count). The topological polar surface area (TPSA) is 46.2 Å². The van der Waals surface area contributed by atoms with Crippen LogP contribution in [-0.4, -0.2) is 11.4 Å². The van der Waals surface area contributed by atoms with E-state index in [0.717, 1.165) is 17.8 Å². The van der Waals surface area contributed by atoms with Gasteiger partial charge >= 0.3 is 0 Å². The van der Waals surface area contributed by atoms with Crippen molar-refractivity contribution < 1.29 is 10.1 Å². The maximum Gasteiger partial charge on any atom is 0.235 e. The highest BCUT2D eigenvalue weighted by atomic mass is 16.3. The van der Waals surface area contributed by atoms with Gasteiger partial charge in [0.1, 0.15) is 18.0 Å². The van der Waals surface area contributed by atoms with E-state index in [1.54, 1.807) is 18.5 Å². The lowest BCUT2D eigenvalue weighted by atomic mass is 10.1. The molecule has 1 heterocycles. The van der Waals surface area contributed by atoms with Gasteiger partial charge in [-0.3, -0.25) is 4.99 Å². The molecule has 1 aromatic rings. The Morgan fingerprint density at radius 1 is 1.45 bits per heavy atom. The van der Waals surface area contributed by atoms with Crippen molar-refractivity contribution in [2.24, 2.45) is 0 Å². The van der Waals surface area contributed by atoms with Crippen LogP contribution in [0, 0.1) is 0 Å². The van der Waals surface area contributed by atoms with Gasteiger partial charge in [0.15, 0.2) is 0 Å². The Morgan fingerprint density at radius 2 is 2.36 bits per heavy atom. The predicted octanol–water partition coefficient (Wildman–Crippen LogP) is -0.573. The number of anilines is 1. The van der Waals surface area contributed by atoms with E-state index in [1.807, 2.05) is 6.07 Å². The summed E-state index contributed by atoms with van der Waals surface area (Å²) in [6.45, 7) is 0.775. The van der Waals surface area contributed by atoms with Crippen LogP contribution in [0.5, 0.6) is 5.75 Å². The van der Waals surface area contributed by atoms with Gasteiger partial charge in [0, 0.05) is 5.56 Å². The zero-order chi connectivity index (χ0) is 7.68. The first-order valence-corrected chi connectivity index (χ1v) is 3.50. The van der Waals surface area contributed by atoms with Crippen molar-refractivity contribution in [3.05, 3.63) is 23.8 Å². The molecule has 0 saturated heterocycles. The normalized spacial score (nSPS) is 13.8. The Labute approximate surface area is 64.4 Å². The van der Waals surface area contributed by atoms with Crippen molar-refractivity contribution >= 4 is 12.0 Å². The number of fused-ring (bicyclic) bond motifs is 1. The first-order chi connectivity index (χ1) is 5.36. The number of rotatable bonds is 0. The molecule has 3 heteroatoms. The van der Waals surface area contributed by atoms with Gasteiger partial charge in [-0.05, 0) is 18.2 Å². The molecule has 0 aliphatic carbocycles. The quantitative estimate of drug-likeness (QED) is 0.432. The fourth-order valence-corrected chi connectivity index (χ4v) is 1.16. The van der Waals surface area contributed by atoms with Crippen molar-refractivity contribution in [3.8, 4) is 5.75 Å². The number of nitrogens with one attached hydrogen (secondary N) is 2. The summed E-state index contributed by atoms with van der Waals surface area (Å²) in [4.78, 5) is 3.02. The van der Waals surface area contributed by atoms with Crippen LogP contribution in [0.3, 0.4) is 0 Å². The maximum atomic E-state index is 9.12. The van der Waals surface area contributed by atoms with Crippen LogP contribution in [-0.2, 0) is 6.54 Å². The average molecular weight is 149 g/mol. The highest BCUT2D eigenvalue weighted by Crippen LogP contribution is 2.20. The third-order valence-electron chi connectivity index (χ3n) is 1.71. The monoisotopic (exact) mass is 149 g/mol. The summed E-state index contributed by atoms with van der Waals surface area (Å²) < 4.78 is 0. The van der Waals surface area contributed by atoms with Crippen molar-refractivity contribution in [1.82, 2.24) is 0 Å². The largest absolute Gasteiger partial charge is 0.508 e. The Balaban J connectivity index is 2.48. The molecule has 11 heavy (non-hydrogen) atoms. The number of phenolic OH excluding ortho intramolecular Hbond substituents is 1. The second-order valence-corrected chi connectivity index (χ2v) is 2.51. The summed E-state index contributed by atoms with van der Waals surface area (Å²) in [7, 11) is 0. The number of hydrogen-bond acceptors (Lipinski definition) is 2. The van der Waals surface area contributed by atoms with E-state index in [9.17, 15) is 0 Å². The first kappa shape index (κ1) is 6.22. The molecule has 3 N–H and O–H groups in total. The Hall–Kier alpha value is -1.51. The van der Waals surface area contributed by atoms with E-state index in [2.05, 4.69) is 10.3 Å².